The molecule has 5 nitrogen and oxygen atoms in total. The second kappa shape index (κ2) is 5.80. The van der Waals surface area contributed by atoms with Gasteiger partial charge in [-0.15, -0.1) is 0 Å². The molecule has 0 aliphatic carbocycles. The van der Waals surface area contributed by atoms with Gasteiger partial charge in [-0.1, -0.05) is 18.0 Å². The molecule has 2 fully saturated rings. The van der Waals surface area contributed by atoms with Crippen LogP contribution in [0.1, 0.15) is 42.5 Å². The van der Waals surface area contributed by atoms with E-state index < -0.39 is 0 Å². The summed E-state index contributed by atoms with van der Waals surface area (Å²) in [5.74, 6) is -0.0720. The average molecular weight is 333 g/mol. The average Bonchev–Trinajstić information content (AvgIpc) is 2.95. The molecule has 23 heavy (non-hydrogen) atoms. The highest BCUT2D eigenvalue weighted by Crippen LogP contribution is 2.33. The fraction of sp³-hybridized carbons (Fsp3) is 0.529. The number of piperidine rings is 2. The number of H-pyrrole nitrogens is 1. The molecular weight excluding hydrogens is 312 g/mol. The van der Waals surface area contributed by atoms with Crippen molar-refractivity contribution >= 4 is 28.5 Å². The van der Waals surface area contributed by atoms with E-state index >= 15 is 0 Å². The first-order chi connectivity index (χ1) is 11.1. The predicted octanol–water partition coefficient (Wildman–Crippen LogP) is 2.96. The van der Waals surface area contributed by atoms with Crippen LogP contribution in [-0.4, -0.2) is 45.9 Å². The fourth-order valence-corrected chi connectivity index (χ4v) is 4.40. The molecular formula is C17H21ClN4O. The molecule has 2 aliphatic heterocycles. The number of carbonyl (C=O) groups is 1. The maximum absolute atomic E-state index is 12.7. The summed E-state index contributed by atoms with van der Waals surface area (Å²) in [6.45, 7) is 0. The van der Waals surface area contributed by atoms with Gasteiger partial charge in [0.05, 0.1) is 17.4 Å². The maximum atomic E-state index is 12.7. The van der Waals surface area contributed by atoms with Crippen molar-refractivity contribution in [1.29, 1.82) is 0 Å². The van der Waals surface area contributed by atoms with Gasteiger partial charge in [0, 0.05) is 23.1 Å². The first-order valence-corrected chi connectivity index (χ1v) is 8.65. The number of rotatable bonds is 2. The zero-order valence-electron chi connectivity index (χ0n) is 13.2. The van der Waals surface area contributed by atoms with Crippen molar-refractivity contribution in [3.8, 4) is 0 Å². The molecule has 0 unspecified atom stereocenters. The first kappa shape index (κ1) is 15.0. The van der Waals surface area contributed by atoms with Crippen LogP contribution in [0.25, 0.3) is 11.0 Å². The van der Waals surface area contributed by atoms with Gasteiger partial charge in [0.2, 0.25) is 0 Å². The normalized spacial score (nSPS) is 28.0. The molecule has 1 aromatic carbocycles. The van der Waals surface area contributed by atoms with E-state index in [4.69, 9.17) is 11.6 Å². The first-order valence-electron chi connectivity index (χ1n) is 8.27. The SMILES string of the molecule is CN1[C@H]2CCC[C@H]1CC(NC(=O)c1cc(Cl)cc3[nH]cnc13)C2. The summed E-state index contributed by atoms with van der Waals surface area (Å²) in [5, 5.41) is 3.76. The Morgan fingerprint density at radius 3 is 2.83 bits per heavy atom. The van der Waals surface area contributed by atoms with Gasteiger partial charge in [0.15, 0.2) is 0 Å². The van der Waals surface area contributed by atoms with E-state index in [2.05, 4.69) is 27.2 Å². The predicted molar refractivity (Wildman–Crippen MR) is 90.8 cm³/mol. The summed E-state index contributed by atoms with van der Waals surface area (Å²) < 4.78 is 0. The Morgan fingerprint density at radius 1 is 1.35 bits per heavy atom. The Balaban J connectivity index is 1.54. The summed E-state index contributed by atoms with van der Waals surface area (Å²) >= 11 is 6.13. The Kier molecular flexibility index (Phi) is 3.77. The maximum Gasteiger partial charge on any atom is 0.253 e. The van der Waals surface area contributed by atoms with E-state index in [1.807, 2.05) is 0 Å². The zero-order valence-corrected chi connectivity index (χ0v) is 13.9. The van der Waals surface area contributed by atoms with Gasteiger partial charge >= 0.3 is 0 Å². The smallest absolute Gasteiger partial charge is 0.253 e. The summed E-state index contributed by atoms with van der Waals surface area (Å²) in [4.78, 5) is 22.5. The van der Waals surface area contributed by atoms with E-state index in [0.717, 1.165) is 18.4 Å². The standard InChI is InChI=1S/C17H21ClN4O/c1-22-12-3-2-4-13(22)8-11(7-12)21-17(23)14-5-10(18)6-15-16(14)20-9-19-15/h5-6,9,11-13H,2-4,7-8H2,1H3,(H,19,20)(H,21,23)/t12-,13-/m0/s1. The minimum Gasteiger partial charge on any atom is -0.349 e. The van der Waals surface area contributed by atoms with Crippen molar-refractivity contribution < 1.29 is 4.79 Å². The lowest BCUT2D eigenvalue weighted by atomic mass is 9.82. The molecule has 2 aromatic rings. The molecule has 2 N–H and O–H groups in total. The van der Waals surface area contributed by atoms with Crippen molar-refractivity contribution in [1.82, 2.24) is 20.2 Å². The minimum atomic E-state index is -0.0720. The highest BCUT2D eigenvalue weighted by atomic mass is 35.5. The van der Waals surface area contributed by atoms with E-state index in [1.165, 1.54) is 19.3 Å². The van der Waals surface area contributed by atoms with Crippen LogP contribution in [0.3, 0.4) is 0 Å². The molecule has 4 rings (SSSR count). The van der Waals surface area contributed by atoms with Gasteiger partial charge < -0.3 is 15.2 Å². The Hall–Kier alpha value is -1.59. The number of aromatic amines is 1. The van der Waals surface area contributed by atoms with Crippen LogP contribution in [-0.2, 0) is 0 Å². The molecule has 2 aliphatic rings. The monoisotopic (exact) mass is 332 g/mol. The van der Waals surface area contributed by atoms with Crippen molar-refractivity contribution in [3.63, 3.8) is 0 Å². The second-order valence-corrected chi connectivity index (χ2v) is 7.23. The van der Waals surface area contributed by atoms with Gasteiger partial charge in [-0.25, -0.2) is 4.98 Å². The molecule has 3 heterocycles. The summed E-state index contributed by atoms with van der Waals surface area (Å²) in [7, 11) is 2.22. The molecule has 0 spiro atoms. The Bertz CT molecular complexity index is 729. The quantitative estimate of drug-likeness (QED) is 0.888. The molecule has 1 aromatic heterocycles. The highest BCUT2D eigenvalue weighted by Gasteiger charge is 2.36. The van der Waals surface area contributed by atoms with Crippen molar-refractivity contribution in [2.24, 2.45) is 0 Å². The Labute approximate surface area is 140 Å². The number of aromatic nitrogens is 2. The van der Waals surface area contributed by atoms with Crippen LogP contribution >= 0.6 is 11.6 Å². The van der Waals surface area contributed by atoms with Crippen LogP contribution in [0.5, 0.6) is 0 Å². The van der Waals surface area contributed by atoms with Crippen molar-refractivity contribution in [2.75, 3.05) is 7.05 Å². The van der Waals surface area contributed by atoms with Crippen LogP contribution in [0, 0.1) is 0 Å². The lowest BCUT2D eigenvalue weighted by Crippen LogP contribution is -2.55. The number of nitrogens with zero attached hydrogens (tertiary/aromatic N) is 2. The van der Waals surface area contributed by atoms with Crippen molar-refractivity contribution in [2.45, 2.75) is 50.2 Å². The van der Waals surface area contributed by atoms with Gasteiger partial charge in [0.1, 0.15) is 5.52 Å². The van der Waals surface area contributed by atoms with Gasteiger partial charge in [-0.05, 0) is 44.9 Å². The third-order valence-electron chi connectivity index (χ3n) is 5.41. The number of benzene rings is 1. The number of halogens is 1. The highest BCUT2D eigenvalue weighted by molar-refractivity contribution is 6.32. The van der Waals surface area contributed by atoms with Crippen molar-refractivity contribution in [3.05, 3.63) is 29.0 Å². The number of nitrogens with one attached hydrogen (secondary N) is 2. The molecule has 1 amide bonds. The molecule has 6 heteroatoms. The van der Waals surface area contributed by atoms with Crippen LogP contribution in [0.2, 0.25) is 5.02 Å². The van der Waals surface area contributed by atoms with Crippen LogP contribution < -0.4 is 5.32 Å². The number of imidazole rings is 1. The van der Waals surface area contributed by atoms with E-state index in [9.17, 15) is 4.79 Å². The molecule has 0 radical (unpaired) electrons. The largest absolute Gasteiger partial charge is 0.349 e. The minimum absolute atomic E-state index is 0.0720. The summed E-state index contributed by atoms with van der Waals surface area (Å²) in [6.07, 6.45) is 7.44. The van der Waals surface area contributed by atoms with Gasteiger partial charge in [0.25, 0.3) is 5.91 Å². The van der Waals surface area contributed by atoms with E-state index in [-0.39, 0.29) is 11.9 Å². The molecule has 2 bridgehead atoms. The topological polar surface area (TPSA) is 61.0 Å². The molecule has 2 atom stereocenters. The lowest BCUT2D eigenvalue weighted by Gasteiger charge is -2.47. The number of fused-ring (bicyclic) bond motifs is 3. The Morgan fingerprint density at radius 2 is 2.09 bits per heavy atom. The molecule has 122 valence electrons. The number of hydrogen-bond acceptors (Lipinski definition) is 3. The third kappa shape index (κ3) is 2.72. The van der Waals surface area contributed by atoms with Gasteiger partial charge in [-0.2, -0.15) is 0 Å². The van der Waals surface area contributed by atoms with E-state index in [0.29, 0.717) is 28.2 Å². The number of amides is 1. The third-order valence-corrected chi connectivity index (χ3v) is 5.63. The number of hydrogen-bond donors (Lipinski definition) is 2. The number of carbonyl (C=O) groups excluding carboxylic acids is 1. The van der Waals surface area contributed by atoms with Crippen LogP contribution in [0.4, 0.5) is 0 Å². The fourth-order valence-electron chi connectivity index (χ4n) is 4.18. The summed E-state index contributed by atoms with van der Waals surface area (Å²) in [6, 6.07) is 4.92. The second-order valence-electron chi connectivity index (χ2n) is 6.80. The van der Waals surface area contributed by atoms with E-state index in [1.54, 1.807) is 18.5 Å². The zero-order chi connectivity index (χ0) is 16.0. The van der Waals surface area contributed by atoms with Gasteiger partial charge in [-0.3, -0.25) is 4.79 Å². The molecule has 0 saturated carbocycles. The lowest BCUT2D eigenvalue weighted by molar-refractivity contribution is 0.0463. The molecule has 2 saturated heterocycles. The van der Waals surface area contributed by atoms with Crippen LogP contribution in [0.15, 0.2) is 18.5 Å². The summed E-state index contributed by atoms with van der Waals surface area (Å²) in [5.41, 5.74) is 2.03.